The number of likely N-dealkylation sites (tertiary alicyclic amines) is 1. The summed E-state index contributed by atoms with van der Waals surface area (Å²) in [7, 11) is 0. The maximum absolute atomic E-state index is 13.5. The van der Waals surface area contributed by atoms with Gasteiger partial charge in [-0.25, -0.2) is 4.98 Å². The second-order valence-electron chi connectivity index (χ2n) is 10.2. The van der Waals surface area contributed by atoms with Crippen LogP contribution in [0.1, 0.15) is 53.4 Å². The molecular weight excluding hydrogens is 519 g/mol. The molecule has 0 saturated carbocycles. The molecule has 0 radical (unpaired) electrons. The van der Waals surface area contributed by atoms with Crippen molar-refractivity contribution < 1.29 is 22.7 Å². The van der Waals surface area contributed by atoms with Gasteiger partial charge in [-0.05, 0) is 87.6 Å². The Morgan fingerprint density at radius 2 is 1.90 bits per heavy atom. The van der Waals surface area contributed by atoms with Crippen LogP contribution in [0.25, 0.3) is 0 Å². The number of benzene rings is 1. The van der Waals surface area contributed by atoms with Gasteiger partial charge in [-0.2, -0.15) is 13.2 Å². The average Bonchev–Trinajstić information content (AvgIpc) is 2.92. The average molecular weight is 556 g/mol. The van der Waals surface area contributed by atoms with Crippen molar-refractivity contribution in [1.82, 2.24) is 20.2 Å². The fourth-order valence-electron chi connectivity index (χ4n) is 5.37. The highest BCUT2D eigenvalue weighted by Crippen LogP contribution is 2.29. The van der Waals surface area contributed by atoms with Gasteiger partial charge in [0.25, 0.3) is 5.91 Å². The number of aryl methyl sites for hydroxylation is 2. The molecule has 1 atom stereocenters. The molecule has 10 heteroatoms. The second-order valence-corrected chi connectivity index (χ2v) is 10.2. The Morgan fingerprint density at radius 3 is 2.52 bits per heavy atom. The van der Waals surface area contributed by atoms with Crippen molar-refractivity contribution in [2.75, 3.05) is 24.5 Å². The Kier molecular flexibility index (Phi) is 9.98. The fourth-order valence-corrected chi connectivity index (χ4v) is 5.37. The highest BCUT2D eigenvalue weighted by molar-refractivity contribution is 5.96. The van der Waals surface area contributed by atoms with E-state index in [-0.39, 0.29) is 23.7 Å². The van der Waals surface area contributed by atoms with E-state index in [1.54, 1.807) is 32.2 Å². The van der Waals surface area contributed by atoms with E-state index in [1.807, 2.05) is 30.5 Å². The Labute approximate surface area is 233 Å². The van der Waals surface area contributed by atoms with E-state index in [9.17, 15) is 18.0 Å². The molecule has 0 bridgehead atoms. The van der Waals surface area contributed by atoms with Crippen molar-refractivity contribution in [2.24, 2.45) is 0 Å². The zero-order valence-electron chi connectivity index (χ0n) is 23.1. The molecule has 0 unspecified atom stereocenters. The molecule has 3 heterocycles. The van der Waals surface area contributed by atoms with Gasteiger partial charge in [0, 0.05) is 56.3 Å². The maximum atomic E-state index is 13.5. The number of nitrogens with one attached hydrogen (secondary N) is 1. The minimum Gasteiger partial charge on any atom is -0.435 e. The van der Waals surface area contributed by atoms with Gasteiger partial charge in [0.05, 0.1) is 11.3 Å². The SMILES string of the molecule is Cc1cc(F)nc(C)c1C(=O)NCC[C@@H](C)N1CCC(N(Cc2cccnc2)c2ccc(OC(F)F)cc2)CC1. The molecule has 4 rings (SSSR count). The van der Waals surface area contributed by atoms with Crippen molar-refractivity contribution >= 4 is 11.6 Å². The molecule has 3 aromatic rings. The lowest BCUT2D eigenvalue weighted by Crippen LogP contribution is -2.48. The van der Waals surface area contributed by atoms with E-state index >= 15 is 0 Å². The normalized spacial score (nSPS) is 15.2. The quantitative estimate of drug-likeness (QED) is 0.315. The minimum atomic E-state index is -2.86. The first-order chi connectivity index (χ1) is 19.2. The van der Waals surface area contributed by atoms with Gasteiger partial charge < -0.3 is 19.9 Å². The number of amides is 1. The monoisotopic (exact) mass is 555 g/mol. The smallest absolute Gasteiger partial charge is 0.387 e. The topological polar surface area (TPSA) is 70.6 Å². The van der Waals surface area contributed by atoms with E-state index < -0.39 is 12.6 Å². The molecule has 1 fully saturated rings. The van der Waals surface area contributed by atoms with E-state index in [1.165, 1.54) is 6.07 Å². The van der Waals surface area contributed by atoms with E-state index in [0.717, 1.165) is 43.6 Å². The van der Waals surface area contributed by atoms with Crippen molar-refractivity contribution in [1.29, 1.82) is 0 Å². The van der Waals surface area contributed by atoms with Gasteiger partial charge in [-0.15, -0.1) is 0 Å². The van der Waals surface area contributed by atoms with Crippen LogP contribution in [0.5, 0.6) is 5.75 Å². The summed E-state index contributed by atoms with van der Waals surface area (Å²) in [5.74, 6) is -0.679. The Hall–Kier alpha value is -3.66. The summed E-state index contributed by atoms with van der Waals surface area (Å²) in [4.78, 5) is 25.5. The van der Waals surface area contributed by atoms with E-state index in [0.29, 0.717) is 29.9 Å². The molecule has 0 spiro atoms. The molecule has 1 amide bonds. The van der Waals surface area contributed by atoms with Gasteiger partial charge in [-0.1, -0.05) is 6.07 Å². The van der Waals surface area contributed by atoms with Crippen molar-refractivity contribution in [2.45, 2.75) is 65.3 Å². The highest BCUT2D eigenvalue weighted by Gasteiger charge is 2.27. The number of piperidine rings is 1. The number of carbonyl (C=O) groups excluding carboxylic acids is 1. The second kappa shape index (κ2) is 13.6. The summed E-state index contributed by atoms with van der Waals surface area (Å²) in [6.07, 6.45) is 6.25. The van der Waals surface area contributed by atoms with Crippen molar-refractivity contribution in [3.8, 4) is 5.75 Å². The van der Waals surface area contributed by atoms with Crippen LogP contribution >= 0.6 is 0 Å². The minimum absolute atomic E-state index is 0.136. The zero-order chi connectivity index (χ0) is 28.6. The number of aromatic nitrogens is 2. The lowest BCUT2D eigenvalue weighted by molar-refractivity contribution is -0.0498. The number of hydrogen-bond acceptors (Lipinski definition) is 6. The van der Waals surface area contributed by atoms with Crippen LogP contribution in [0.2, 0.25) is 0 Å². The number of rotatable bonds is 11. The fraction of sp³-hybridized carbons (Fsp3) is 0.433. The Morgan fingerprint density at radius 1 is 1.18 bits per heavy atom. The molecule has 0 aliphatic carbocycles. The van der Waals surface area contributed by atoms with Crippen molar-refractivity contribution in [3.05, 3.63) is 83.2 Å². The summed E-state index contributed by atoms with van der Waals surface area (Å²) >= 11 is 0. The van der Waals surface area contributed by atoms with E-state index in [2.05, 4.69) is 36.7 Å². The molecule has 40 heavy (non-hydrogen) atoms. The van der Waals surface area contributed by atoms with Crippen LogP contribution in [-0.2, 0) is 6.54 Å². The number of halogens is 3. The van der Waals surface area contributed by atoms with Gasteiger partial charge in [0.15, 0.2) is 0 Å². The first-order valence-corrected chi connectivity index (χ1v) is 13.6. The van der Waals surface area contributed by atoms with Crippen LogP contribution in [0.4, 0.5) is 18.9 Å². The summed E-state index contributed by atoms with van der Waals surface area (Å²) in [6.45, 7) is 5.63. The predicted molar refractivity (Wildman–Crippen MR) is 148 cm³/mol. The summed E-state index contributed by atoms with van der Waals surface area (Å²) < 4.78 is 43.3. The number of nitrogens with zero attached hydrogens (tertiary/aromatic N) is 4. The first-order valence-electron chi connectivity index (χ1n) is 13.6. The van der Waals surface area contributed by atoms with Crippen molar-refractivity contribution in [3.63, 3.8) is 0 Å². The van der Waals surface area contributed by atoms with Crippen LogP contribution in [0.3, 0.4) is 0 Å². The lowest BCUT2D eigenvalue weighted by atomic mass is 9.99. The molecule has 1 N–H and O–H groups in total. The van der Waals surface area contributed by atoms with Crippen LogP contribution in [0, 0.1) is 19.8 Å². The molecule has 214 valence electrons. The van der Waals surface area contributed by atoms with Crippen LogP contribution in [-0.4, -0.2) is 59.1 Å². The molecule has 7 nitrogen and oxygen atoms in total. The van der Waals surface area contributed by atoms with Crippen LogP contribution < -0.4 is 15.0 Å². The van der Waals surface area contributed by atoms with E-state index in [4.69, 9.17) is 0 Å². The number of anilines is 1. The number of hydrogen-bond donors (Lipinski definition) is 1. The third-order valence-corrected chi connectivity index (χ3v) is 7.47. The zero-order valence-corrected chi connectivity index (χ0v) is 23.1. The number of carbonyl (C=O) groups is 1. The van der Waals surface area contributed by atoms with Gasteiger partial charge >= 0.3 is 6.61 Å². The summed E-state index contributed by atoms with van der Waals surface area (Å²) in [5.41, 5.74) is 3.41. The summed E-state index contributed by atoms with van der Waals surface area (Å²) in [5, 5.41) is 2.96. The molecule has 1 aliphatic rings. The molecule has 1 aromatic carbocycles. The van der Waals surface area contributed by atoms with Gasteiger partial charge in [0.2, 0.25) is 5.95 Å². The Bertz CT molecular complexity index is 1230. The molecule has 2 aromatic heterocycles. The third kappa shape index (κ3) is 7.71. The third-order valence-electron chi connectivity index (χ3n) is 7.47. The van der Waals surface area contributed by atoms with Gasteiger partial charge in [0.1, 0.15) is 5.75 Å². The molecule has 1 aliphatic heterocycles. The predicted octanol–water partition coefficient (Wildman–Crippen LogP) is 5.51. The highest BCUT2D eigenvalue weighted by atomic mass is 19.3. The maximum Gasteiger partial charge on any atom is 0.387 e. The van der Waals surface area contributed by atoms with Gasteiger partial charge in [-0.3, -0.25) is 9.78 Å². The van der Waals surface area contributed by atoms with Crippen LogP contribution in [0.15, 0.2) is 54.9 Å². The standard InChI is InChI=1S/C30H36F3N5O2/c1-20-17-27(31)36-22(3)28(20)29(39)35-14-10-21(2)37-15-11-25(12-16-37)38(19-23-5-4-13-34-18-23)24-6-8-26(9-7-24)40-30(32)33/h4-9,13,17-18,21,25,30H,10-12,14-16,19H2,1-3H3,(H,35,39)/t21-/m1/s1. The number of alkyl halides is 2. The number of ether oxygens (including phenoxy) is 1. The first kappa shape index (κ1) is 29.3. The molecule has 1 saturated heterocycles. The Balaban J connectivity index is 1.33. The molecular formula is C30H36F3N5O2. The largest absolute Gasteiger partial charge is 0.435 e. The summed E-state index contributed by atoms with van der Waals surface area (Å²) in [6, 6.07) is 12.6. The number of pyridine rings is 2. The lowest BCUT2D eigenvalue weighted by Gasteiger charge is -2.42.